The third-order valence-corrected chi connectivity index (χ3v) is 2.47. The molecule has 0 aliphatic heterocycles. The third-order valence-electron chi connectivity index (χ3n) is 2.47. The van der Waals surface area contributed by atoms with Crippen LogP contribution in [0.2, 0.25) is 0 Å². The van der Waals surface area contributed by atoms with Gasteiger partial charge in [-0.25, -0.2) is 4.98 Å². The Morgan fingerprint density at radius 2 is 2.35 bits per heavy atom. The van der Waals surface area contributed by atoms with Crippen LogP contribution in [0, 0.1) is 11.3 Å². The third kappa shape index (κ3) is 3.35. The van der Waals surface area contributed by atoms with E-state index in [-0.39, 0.29) is 0 Å². The van der Waals surface area contributed by atoms with E-state index in [0.717, 1.165) is 25.2 Å². The van der Waals surface area contributed by atoms with Crippen molar-refractivity contribution in [2.45, 2.75) is 13.0 Å². The summed E-state index contributed by atoms with van der Waals surface area (Å²) in [5.74, 6) is 0. The van der Waals surface area contributed by atoms with Crippen LogP contribution >= 0.6 is 0 Å². The van der Waals surface area contributed by atoms with Gasteiger partial charge in [-0.15, -0.1) is 0 Å². The van der Waals surface area contributed by atoms with E-state index in [0.29, 0.717) is 5.56 Å². The maximum atomic E-state index is 8.77. The van der Waals surface area contributed by atoms with Gasteiger partial charge in [-0.05, 0) is 24.6 Å². The summed E-state index contributed by atoms with van der Waals surface area (Å²) in [7, 11) is 0. The SMILES string of the molecule is N#Cc1cccc(NCCCn2ccnc2)c1. The summed E-state index contributed by atoms with van der Waals surface area (Å²) in [5, 5.41) is 12.1. The highest BCUT2D eigenvalue weighted by molar-refractivity contribution is 5.48. The molecule has 1 aromatic heterocycles. The van der Waals surface area contributed by atoms with E-state index >= 15 is 0 Å². The molecule has 0 unspecified atom stereocenters. The molecular weight excluding hydrogens is 212 g/mol. The molecule has 86 valence electrons. The van der Waals surface area contributed by atoms with Crippen LogP contribution in [0.1, 0.15) is 12.0 Å². The van der Waals surface area contributed by atoms with Crippen molar-refractivity contribution in [1.29, 1.82) is 5.26 Å². The Labute approximate surface area is 101 Å². The number of nitrogens with one attached hydrogen (secondary N) is 1. The van der Waals surface area contributed by atoms with Gasteiger partial charge in [0.1, 0.15) is 0 Å². The van der Waals surface area contributed by atoms with Crippen molar-refractivity contribution in [3.8, 4) is 6.07 Å². The van der Waals surface area contributed by atoms with E-state index in [9.17, 15) is 0 Å². The van der Waals surface area contributed by atoms with Crippen molar-refractivity contribution in [1.82, 2.24) is 9.55 Å². The fraction of sp³-hybridized carbons (Fsp3) is 0.231. The monoisotopic (exact) mass is 226 g/mol. The predicted molar refractivity (Wildman–Crippen MR) is 66.5 cm³/mol. The zero-order valence-electron chi connectivity index (χ0n) is 9.50. The van der Waals surface area contributed by atoms with E-state index < -0.39 is 0 Å². The molecule has 0 atom stereocenters. The molecule has 0 bridgehead atoms. The molecule has 0 aliphatic rings. The van der Waals surface area contributed by atoms with Crippen LogP contribution in [0.15, 0.2) is 43.0 Å². The van der Waals surface area contributed by atoms with Crippen LogP contribution in [0.4, 0.5) is 5.69 Å². The van der Waals surface area contributed by atoms with Gasteiger partial charge in [0.05, 0.1) is 18.0 Å². The van der Waals surface area contributed by atoms with E-state index in [1.165, 1.54) is 0 Å². The number of aryl methyl sites for hydroxylation is 1. The fourth-order valence-electron chi connectivity index (χ4n) is 1.61. The number of nitriles is 1. The normalized spacial score (nSPS) is 9.82. The van der Waals surface area contributed by atoms with Gasteiger partial charge in [-0.1, -0.05) is 6.07 Å². The van der Waals surface area contributed by atoms with Crippen LogP contribution in [0.3, 0.4) is 0 Å². The number of imidazole rings is 1. The van der Waals surface area contributed by atoms with E-state index in [4.69, 9.17) is 5.26 Å². The standard InChI is InChI=1S/C13H14N4/c14-10-12-3-1-4-13(9-12)16-5-2-7-17-8-6-15-11-17/h1,3-4,6,8-9,11,16H,2,5,7H2. The first kappa shape index (κ1) is 11.2. The maximum absolute atomic E-state index is 8.77. The summed E-state index contributed by atoms with van der Waals surface area (Å²) in [4.78, 5) is 3.99. The molecule has 2 rings (SSSR count). The summed E-state index contributed by atoms with van der Waals surface area (Å²) in [6.45, 7) is 1.83. The maximum Gasteiger partial charge on any atom is 0.0992 e. The lowest BCUT2D eigenvalue weighted by atomic mass is 10.2. The Hall–Kier alpha value is -2.28. The first-order valence-electron chi connectivity index (χ1n) is 5.58. The Balaban J connectivity index is 1.76. The number of nitrogens with zero attached hydrogens (tertiary/aromatic N) is 3. The number of anilines is 1. The lowest BCUT2D eigenvalue weighted by molar-refractivity contribution is 0.661. The van der Waals surface area contributed by atoms with Gasteiger partial charge in [0, 0.05) is 31.2 Å². The van der Waals surface area contributed by atoms with Crippen molar-refractivity contribution in [3.05, 3.63) is 48.5 Å². The predicted octanol–water partition coefficient (Wildman–Crippen LogP) is 2.26. The topological polar surface area (TPSA) is 53.6 Å². The van der Waals surface area contributed by atoms with Crippen LogP contribution in [-0.2, 0) is 6.54 Å². The van der Waals surface area contributed by atoms with Gasteiger partial charge in [-0.3, -0.25) is 0 Å². The van der Waals surface area contributed by atoms with Crippen molar-refractivity contribution in [3.63, 3.8) is 0 Å². The van der Waals surface area contributed by atoms with Gasteiger partial charge < -0.3 is 9.88 Å². The van der Waals surface area contributed by atoms with Gasteiger partial charge >= 0.3 is 0 Å². The summed E-state index contributed by atoms with van der Waals surface area (Å²) in [5.41, 5.74) is 1.68. The first-order chi connectivity index (χ1) is 8.38. The van der Waals surface area contributed by atoms with Crippen molar-refractivity contribution < 1.29 is 0 Å². The first-order valence-corrected chi connectivity index (χ1v) is 5.58. The highest BCUT2D eigenvalue weighted by Gasteiger charge is 1.94. The molecule has 17 heavy (non-hydrogen) atoms. The zero-order valence-corrected chi connectivity index (χ0v) is 9.50. The number of hydrogen-bond acceptors (Lipinski definition) is 3. The van der Waals surface area contributed by atoms with Gasteiger partial charge in [0.2, 0.25) is 0 Å². The summed E-state index contributed by atoms with van der Waals surface area (Å²) in [6.07, 6.45) is 6.57. The van der Waals surface area contributed by atoms with Crippen molar-refractivity contribution >= 4 is 5.69 Å². The van der Waals surface area contributed by atoms with E-state index in [1.54, 1.807) is 12.3 Å². The van der Waals surface area contributed by atoms with Crippen molar-refractivity contribution in [2.24, 2.45) is 0 Å². The molecule has 1 N–H and O–H groups in total. The zero-order chi connectivity index (χ0) is 11.9. The van der Waals surface area contributed by atoms with Gasteiger partial charge in [-0.2, -0.15) is 5.26 Å². The average Bonchev–Trinajstić information content (AvgIpc) is 2.88. The smallest absolute Gasteiger partial charge is 0.0992 e. The molecule has 0 fully saturated rings. The molecule has 4 heteroatoms. The molecular formula is C13H14N4. The van der Waals surface area contributed by atoms with E-state index in [1.807, 2.05) is 35.3 Å². The molecule has 2 aromatic rings. The Morgan fingerprint density at radius 1 is 1.41 bits per heavy atom. The van der Waals surface area contributed by atoms with Crippen LogP contribution in [0.25, 0.3) is 0 Å². The lowest BCUT2D eigenvalue weighted by Gasteiger charge is -2.06. The Bertz CT molecular complexity index is 496. The number of aromatic nitrogens is 2. The van der Waals surface area contributed by atoms with Gasteiger partial charge in [0.15, 0.2) is 0 Å². The molecule has 0 amide bonds. The molecule has 0 aliphatic carbocycles. The number of rotatable bonds is 5. The Morgan fingerprint density at radius 3 is 3.12 bits per heavy atom. The Kier molecular flexibility index (Phi) is 3.77. The fourth-order valence-corrected chi connectivity index (χ4v) is 1.61. The quantitative estimate of drug-likeness (QED) is 0.795. The largest absolute Gasteiger partial charge is 0.385 e. The second kappa shape index (κ2) is 5.71. The molecule has 1 aromatic carbocycles. The van der Waals surface area contributed by atoms with Crippen LogP contribution < -0.4 is 5.32 Å². The molecule has 0 spiro atoms. The minimum atomic E-state index is 0.685. The molecule has 0 radical (unpaired) electrons. The molecule has 1 heterocycles. The molecule has 0 saturated carbocycles. The second-order valence-corrected chi connectivity index (χ2v) is 3.77. The minimum Gasteiger partial charge on any atom is -0.385 e. The highest BCUT2D eigenvalue weighted by Crippen LogP contribution is 2.09. The van der Waals surface area contributed by atoms with E-state index in [2.05, 4.69) is 16.4 Å². The minimum absolute atomic E-state index is 0.685. The average molecular weight is 226 g/mol. The van der Waals surface area contributed by atoms with Crippen molar-refractivity contribution in [2.75, 3.05) is 11.9 Å². The highest BCUT2D eigenvalue weighted by atomic mass is 15.0. The number of benzene rings is 1. The second-order valence-electron chi connectivity index (χ2n) is 3.77. The molecule has 4 nitrogen and oxygen atoms in total. The van der Waals surface area contributed by atoms with Crippen LogP contribution in [0.5, 0.6) is 0 Å². The molecule has 0 saturated heterocycles. The van der Waals surface area contributed by atoms with Crippen LogP contribution in [-0.4, -0.2) is 16.1 Å². The summed E-state index contributed by atoms with van der Waals surface area (Å²) >= 11 is 0. The van der Waals surface area contributed by atoms with Gasteiger partial charge in [0.25, 0.3) is 0 Å². The summed E-state index contributed by atoms with van der Waals surface area (Å²) < 4.78 is 2.05. The summed E-state index contributed by atoms with van der Waals surface area (Å²) in [6, 6.07) is 9.64. The lowest BCUT2D eigenvalue weighted by Crippen LogP contribution is -2.05. The number of hydrogen-bond donors (Lipinski definition) is 1.